The highest BCUT2D eigenvalue weighted by molar-refractivity contribution is 5.91. The van der Waals surface area contributed by atoms with Crippen LogP contribution in [0.1, 0.15) is 27.3 Å². The predicted octanol–water partition coefficient (Wildman–Crippen LogP) is 2.58. The van der Waals surface area contributed by atoms with Gasteiger partial charge >= 0.3 is 5.97 Å². The van der Waals surface area contributed by atoms with Crippen molar-refractivity contribution in [3.05, 3.63) is 52.8 Å². The molecule has 0 fully saturated rings. The van der Waals surface area contributed by atoms with Gasteiger partial charge in [-0.25, -0.2) is 4.79 Å². The van der Waals surface area contributed by atoms with E-state index < -0.39 is 5.97 Å². The minimum absolute atomic E-state index is 0.0814. The van der Waals surface area contributed by atoms with E-state index in [1.165, 1.54) is 0 Å². The van der Waals surface area contributed by atoms with Gasteiger partial charge in [-0.15, -0.1) is 0 Å². The second-order valence-electron chi connectivity index (χ2n) is 5.28. The molecule has 0 saturated heterocycles. The Morgan fingerprint density at radius 1 is 1.36 bits per heavy atom. The number of nitrogens with zero attached hydrogens (tertiary/aromatic N) is 3. The van der Waals surface area contributed by atoms with Gasteiger partial charge in [0.25, 0.3) is 0 Å². The SMILES string of the molecule is Cc1nn(C)c(C)c1C(=O)OC[C@@H](C#N)Cc1ccccc1. The van der Waals surface area contributed by atoms with E-state index in [0.717, 1.165) is 11.3 Å². The zero-order chi connectivity index (χ0) is 16.1. The van der Waals surface area contributed by atoms with Crippen LogP contribution in [0.15, 0.2) is 30.3 Å². The smallest absolute Gasteiger partial charge is 0.341 e. The standard InChI is InChI=1S/C17H19N3O2/c1-12-16(13(2)20(3)19-12)17(21)22-11-15(10-18)9-14-7-5-4-6-8-14/h4-8,15H,9,11H2,1-3H3/t15-/m1/s1. The monoisotopic (exact) mass is 297 g/mol. The summed E-state index contributed by atoms with van der Waals surface area (Å²) in [6, 6.07) is 11.9. The van der Waals surface area contributed by atoms with Crippen molar-refractivity contribution in [1.29, 1.82) is 5.26 Å². The molecule has 0 N–H and O–H groups in total. The molecule has 0 amide bonds. The van der Waals surface area contributed by atoms with E-state index in [9.17, 15) is 10.1 Å². The third-order valence-electron chi connectivity index (χ3n) is 3.64. The highest BCUT2D eigenvalue weighted by Gasteiger charge is 2.20. The first-order valence-corrected chi connectivity index (χ1v) is 7.13. The largest absolute Gasteiger partial charge is 0.461 e. The quantitative estimate of drug-likeness (QED) is 0.795. The molecule has 0 aliphatic carbocycles. The van der Waals surface area contributed by atoms with E-state index in [1.807, 2.05) is 37.3 Å². The molecule has 2 rings (SSSR count). The van der Waals surface area contributed by atoms with E-state index in [1.54, 1.807) is 18.7 Å². The van der Waals surface area contributed by atoms with Gasteiger partial charge in [-0.3, -0.25) is 4.68 Å². The maximum absolute atomic E-state index is 12.2. The van der Waals surface area contributed by atoms with Crippen LogP contribution in [0, 0.1) is 31.1 Å². The van der Waals surface area contributed by atoms with E-state index in [0.29, 0.717) is 17.7 Å². The topological polar surface area (TPSA) is 67.9 Å². The Kier molecular flexibility index (Phi) is 4.95. The number of carbonyl (C=O) groups excluding carboxylic acids is 1. The van der Waals surface area contributed by atoms with E-state index in [-0.39, 0.29) is 12.5 Å². The molecule has 0 saturated carbocycles. The van der Waals surface area contributed by atoms with E-state index >= 15 is 0 Å². The van der Waals surface area contributed by atoms with Crippen LogP contribution in [0.4, 0.5) is 0 Å². The molecule has 1 heterocycles. The molecule has 114 valence electrons. The van der Waals surface area contributed by atoms with Gasteiger partial charge in [-0.1, -0.05) is 30.3 Å². The van der Waals surface area contributed by atoms with Gasteiger partial charge in [0.2, 0.25) is 0 Å². The van der Waals surface area contributed by atoms with Crippen LogP contribution in [0.3, 0.4) is 0 Å². The number of hydrogen-bond donors (Lipinski definition) is 0. The highest BCUT2D eigenvalue weighted by atomic mass is 16.5. The van der Waals surface area contributed by atoms with Crippen molar-refractivity contribution < 1.29 is 9.53 Å². The molecule has 0 aliphatic heterocycles. The summed E-state index contributed by atoms with van der Waals surface area (Å²) in [6.07, 6.45) is 0.565. The summed E-state index contributed by atoms with van der Waals surface area (Å²) in [5, 5.41) is 13.4. The summed E-state index contributed by atoms with van der Waals surface area (Å²) >= 11 is 0. The highest BCUT2D eigenvalue weighted by Crippen LogP contribution is 2.15. The van der Waals surface area contributed by atoms with Crippen LogP contribution in [0.25, 0.3) is 0 Å². The van der Waals surface area contributed by atoms with Crippen molar-refractivity contribution >= 4 is 5.97 Å². The number of aromatic nitrogens is 2. The van der Waals surface area contributed by atoms with Gasteiger partial charge in [0.05, 0.1) is 17.7 Å². The van der Waals surface area contributed by atoms with Crippen LogP contribution >= 0.6 is 0 Å². The number of ether oxygens (including phenoxy) is 1. The Balaban J connectivity index is 1.99. The molecule has 1 aromatic heterocycles. The van der Waals surface area contributed by atoms with Gasteiger partial charge in [-0.05, 0) is 25.8 Å². The van der Waals surface area contributed by atoms with Crippen molar-refractivity contribution in [2.45, 2.75) is 20.3 Å². The average Bonchev–Trinajstić information content (AvgIpc) is 2.77. The fraction of sp³-hybridized carbons (Fsp3) is 0.353. The van der Waals surface area contributed by atoms with Gasteiger partial charge in [0.15, 0.2) is 0 Å². The lowest BCUT2D eigenvalue weighted by Gasteiger charge is -2.10. The zero-order valence-corrected chi connectivity index (χ0v) is 13.0. The van der Waals surface area contributed by atoms with Gasteiger partial charge in [-0.2, -0.15) is 10.4 Å². The predicted molar refractivity (Wildman–Crippen MR) is 82.2 cm³/mol. The number of hydrogen-bond acceptors (Lipinski definition) is 4. The third-order valence-corrected chi connectivity index (χ3v) is 3.64. The lowest BCUT2D eigenvalue weighted by molar-refractivity contribution is 0.0466. The molecule has 0 radical (unpaired) electrons. The number of rotatable bonds is 5. The minimum Gasteiger partial charge on any atom is -0.461 e. The summed E-state index contributed by atoms with van der Waals surface area (Å²) in [7, 11) is 1.78. The lowest BCUT2D eigenvalue weighted by Crippen LogP contribution is -2.16. The van der Waals surface area contributed by atoms with Crippen LogP contribution in [-0.2, 0) is 18.2 Å². The molecular weight excluding hydrogens is 278 g/mol. The first-order chi connectivity index (χ1) is 10.5. The zero-order valence-electron chi connectivity index (χ0n) is 13.0. The second kappa shape index (κ2) is 6.90. The molecule has 0 bridgehead atoms. The van der Waals surface area contributed by atoms with Gasteiger partial charge < -0.3 is 4.74 Å². The Labute approximate surface area is 130 Å². The van der Waals surface area contributed by atoms with Crippen molar-refractivity contribution in [2.24, 2.45) is 13.0 Å². The third kappa shape index (κ3) is 3.53. The maximum Gasteiger partial charge on any atom is 0.341 e. The van der Waals surface area contributed by atoms with Crippen LogP contribution in [-0.4, -0.2) is 22.4 Å². The number of aryl methyl sites for hydroxylation is 2. The van der Waals surface area contributed by atoms with Gasteiger partial charge in [0, 0.05) is 12.7 Å². The summed E-state index contributed by atoms with van der Waals surface area (Å²) in [5.41, 5.74) is 2.94. The molecular formula is C17H19N3O2. The van der Waals surface area contributed by atoms with Crippen molar-refractivity contribution in [1.82, 2.24) is 9.78 Å². The van der Waals surface area contributed by atoms with E-state index in [2.05, 4.69) is 11.2 Å². The fourth-order valence-electron chi connectivity index (χ4n) is 2.36. The van der Waals surface area contributed by atoms with Crippen molar-refractivity contribution in [2.75, 3.05) is 6.61 Å². The Hall–Kier alpha value is -2.61. The summed E-state index contributed by atoms with van der Waals surface area (Å²) < 4.78 is 6.96. The summed E-state index contributed by atoms with van der Waals surface area (Å²) in [6.45, 7) is 3.68. The lowest BCUT2D eigenvalue weighted by atomic mass is 10.0. The van der Waals surface area contributed by atoms with Gasteiger partial charge in [0.1, 0.15) is 12.2 Å². The van der Waals surface area contributed by atoms with E-state index in [4.69, 9.17) is 4.74 Å². The molecule has 22 heavy (non-hydrogen) atoms. The second-order valence-corrected chi connectivity index (χ2v) is 5.28. The maximum atomic E-state index is 12.2. The number of benzene rings is 1. The fourth-order valence-corrected chi connectivity index (χ4v) is 2.36. The average molecular weight is 297 g/mol. The summed E-state index contributed by atoms with van der Waals surface area (Å²) in [5.74, 6) is -0.778. The van der Waals surface area contributed by atoms with Crippen molar-refractivity contribution in [3.63, 3.8) is 0 Å². The number of carbonyl (C=O) groups is 1. The Morgan fingerprint density at radius 2 is 2.05 bits per heavy atom. The number of esters is 1. The Morgan fingerprint density at radius 3 is 2.59 bits per heavy atom. The minimum atomic E-state index is -0.420. The first kappa shape index (κ1) is 15.8. The molecule has 1 atom stereocenters. The van der Waals surface area contributed by atoms with Crippen LogP contribution < -0.4 is 0 Å². The normalized spacial score (nSPS) is 11.7. The molecule has 5 heteroatoms. The number of nitriles is 1. The molecule has 0 unspecified atom stereocenters. The molecule has 2 aromatic rings. The van der Waals surface area contributed by atoms with Crippen molar-refractivity contribution in [3.8, 4) is 6.07 Å². The summed E-state index contributed by atoms with van der Waals surface area (Å²) in [4.78, 5) is 12.2. The Bertz CT molecular complexity index is 699. The molecule has 5 nitrogen and oxygen atoms in total. The van der Waals surface area contributed by atoms with Crippen LogP contribution in [0.5, 0.6) is 0 Å². The molecule has 1 aromatic carbocycles. The first-order valence-electron chi connectivity index (χ1n) is 7.13. The molecule has 0 aliphatic rings. The molecule has 0 spiro atoms. The van der Waals surface area contributed by atoms with Crippen LogP contribution in [0.2, 0.25) is 0 Å².